The van der Waals surface area contributed by atoms with E-state index < -0.39 is 0 Å². The summed E-state index contributed by atoms with van der Waals surface area (Å²) in [5.41, 5.74) is 3.68. The van der Waals surface area contributed by atoms with Crippen LogP contribution >= 0.6 is 11.8 Å². The molecule has 0 bridgehead atoms. The number of rotatable bonds is 2. The summed E-state index contributed by atoms with van der Waals surface area (Å²) in [6, 6.07) is 15.3. The average molecular weight is 309 g/mol. The van der Waals surface area contributed by atoms with Crippen molar-refractivity contribution in [1.29, 1.82) is 0 Å². The van der Waals surface area contributed by atoms with Crippen LogP contribution in [0, 0.1) is 6.92 Å². The number of thioether (sulfide) groups is 1. The molecule has 3 nitrogen and oxygen atoms in total. The van der Waals surface area contributed by atoms with Crippen LogP contribution in [0.15, 0.2) is 53.7 Å². The molecule has 1 saturated heterocycles. The maximum absolute atomic E-state index is 4.99. The quantitative estimate of drug-likeness (QED) is 0.840. The summed E-state index contributed by atoms with van der Waals surface area (Å²) in [6.45, 7) is 5.46. The average Bonchev–Trinajstić information content (AvgIpc) is 3.05. The van der Waals surface area contributed by atoms with Crippen LogP contribution in [0.4, 0.5) is 0 Å². The minimum absolute atomic E-state index is 0.0962. The number of hydrogen-bond acceptors (Lipinski definition) is 4. The summed E-state index contributed by atoms with van der Waals surface area (Å²) >= 11 is 1.88. The molecule has 2 aliphatic heterocycles. The van der Waals surface area contributed by atoms with Crippen molar-refractivity contribution < 1.29 is 0 Å². The zero-order valence-electron chi connectivity index (χ0n) is 12.8. The fourth-order valence-corrected chi connectivity index (χ4v) is 4.33. The van der Waals surface area contributed by atoms with Gasteiger partial charge in [-0.3, -0.25) is 9.98 Å². The molecule has 1 aromatic carbocycles. The first-order valence-electron chi connectivity index (χ1n) is 7.71. The maximum atomic E-state index is 4.99. The number of aromatic nitrogens is 1. The van der Waals surface area contributed by atoms with E-state index in [2.05, 4.69) is 54.1 Å². The number of nitrogens with zero attached hydrogens (tertiary/aromatic N) is 3. The second-order valence-electron chi connectivity index (χ2n) is 6.05. The first-order valence-corrected chi connectivity index (χ1v) is 8.59. The predicted octanol–water partition coefficient (Wildman–Crippen LogP) is 3.98. The molecule has 22 heavy (non-hydrogen) atoms. The molecular weight excluding hydrogens is 290 g/mol. The molecule has 3 heterocycles. The highest BCUT2D eigenvalue weighted by atomic mass is 32.2. The fourth-order valence-electron chi connectivity index (χ4n) is 3.24. The predicted molar refractivity (Wildman–Crippen MR) is 92.1 cm³/mol. The molecule has 1 fully saturated rings. The van der Waals surface area contributed by atoms with E-state index in [9.17, 15) is 0 Å². The van der Waals surface area contributed by atoms with E-state index in [0.717, 1.165) is 12.2 Å². The van der Waals surface area contributed by atoms with Crippen molar-refractivity contribution in [1.82, 2.24) is 9.88 Å². The van der Waals surface area contributed by atoms with Gasteiger partial charge in [-0.25, -0.2) is 0 Å². The molecular formula is C18H19N3S. The summed E-state index contributed by atoms with van der Waals surface area (Å²) in [4.78, 5) is 12.0. The Hall–Kier alpha value is -1.81. The van der Waals surface area contributed by atoms with Crippen LogP contribution in [-0.2, 0) is 0 Å². The molecule has 0 saturated carbocycles. The van der Waals surface area contributed by atoms with Gasteiger partial charge < -0.3 is 4.90 Å². The first kappa shape index (κ1) is 13.8. The third-order valence-electron chi connectivity index (χ3n) is 4.30. The van der Waals surface area contributed by atoms with E-state index in [1.54, 1.807) is 0 Å². The highest BCUT2D eigenvalue weighted by Crippen LogP contribution is 2.47. The lowest BCUT2D eigenvalue weighted by molar-refractivity contribution is 0.321. The summed E-state index contributed by atoms with van der Waals surface area (Å²) < 4.78 is 0. The Morgan fingerprint density at radius 1 is 1.14 bits per heavy atom. The summed E-state index contributed by atoms with van der Waals surface area (Å²) in [7, 11) is 0. The van der Waals surface area contributed by atoms with Gasteiger partial charge in [0.2, 0.25) is 0 Å². The Balaban J connectivity index is 1.76. The van der Waals surface area contributed by atoms with Gasteiger partial charge >= 0.3 is 0 Å². The molecule has 0 amide bonds. The van der Waals surface area contributed by atoms with Gasteiger partial charge in [-0.2, -0.15) is 0 Å². The van der Waals surface area contributed by atoms with Crippen LogP contribution in [-0.4, -0.2) is 26.8 Å². The molecule has 0 aliphatic carbocycles. The molecule has 0 spiro atoms. The standard InChI is InChI=1S/C18H19N3S/c1-12-6-8-14(9-7-12)17-16(15-5-3-4-10-19-15)20-18-21(17)11-13(2)22-18/h3-10,13,16-17H,11H2,1-2H3. The smallest absolute Gasteiger partial charge is 0.160 e. The molecule has 3 atom stereocenters. The second kappa shape index (κ2) is 5.43. The van der Waals surface area contributed by atoms with Crippen molar-refractivity contribution in [3.63, 3.8) is 0 Å². The Morgan fingerprint density at radius 3 is 2.68 bits per heavy atom. The first-order chi connectivity index (χ1) is 10.7. The van der Waals surface area contributed by atoms with E-state index >= 15 is 0 Å². The van der Waals surface area contributed by atoms with Crippen LogP contribution in [0.3, 0.4) is 0 Å². The molecule has 2 aromatic rings. The van der Waals surface area contributed by atoms with E-state index in [1.165, 1.54) is 16.3 Å². The molecule has 0 radical (unpaired) electrons. The topological polar surface area (TPSA) is 28.5 Å². The van der Waals surface area contributed by atoms with Crippen molar-refractivity contribution in [2.45, 2.75) is 31.2 Å². The lowest BCUT2D eigenvalue weighted by Gasteiger charge is -2.27. The van der Waals surface area contributed by atoms with Crippen LogP contribution in [0.5, 0.6) is 0 Å². The number of pyridine rings is 1. The Kier molecular flexibility index (Phi) is 3.41. The largest absolute Gasteiger partial charge is 0.341 e. The number of hydrogen-bond donors (Lipinski definition) is 0. The van der Waals surface area contributed by atoms with Crippen molar-refractivity contribution in [2.24, 2.45) is 4.99 Å². The molecule has 4 heteroatoms. The highest BCUT2D eigenvalue weighted by Gasteiger charge is 2.43. The normalized spacial score (nSPS) is 26.9. The zero-order chi connectivity index (χ0) is 15.1. The second-order valence-corrected chi connectivity index (χ2v) is 7.45. The van der Waals surface area contributed by atoms with E-state index in [1.807, 2.05) is 30.1 Å². The van der Waals surface area contributed by atoms with Crippen LogP contribution in [0.25, 0.3) is 0 Å². The number of aliphatic imine (C=N–C) groups is 1. The Morgan fingerprint density at radius 2 is 1.95 bits per heavy atom. The van der Waals surface area contributed by atoms with Crippen LogP contribution < -0.4 is 0 Å². The molecule has 112 valence electrons. The van der Waals surface area contributed by atoms with Gasteiger partial charge in [0, 0.05) is 18.0 Å². The monoisotopic (exact) mass is 309 g/mol. The zero-order valence-corrected chi connectivity index (χ0v) is 13.6. The molecule has 0 N–H and O–H groups in total. The molecule has 3 unspecified atom stereocenters. The SMILES string of the molecule is Cc1ccc(C2C(c3ccccn3)N=C3SC(C)CN32)cc1. The summed E-state index contributed by atoms with van der Waals surface area (Å²) in [6.07, 6.45) is 1.86. The van der Waals surface area contributed by atoms with Crippen molar-refractivity contribution in [2.75, 3.05) is 6.54 Å². The fraction of sp³-hybridized carbons (Fsp3) is 0.333. The van der Waals surface area contributed by atoms with Gasteiger partial charge in [0.15, 0.2) is 5.17 Å². The van der Waals surface area contributed by atoms with E-state index in [-0.39, 0.29) is 12.1 Å². The maximum Gasteiger partial charge on any atom is 0.160 e. The Labute approximate surface area is 135 Å². The van der Waals surface area contributed by atoms with Crippen LogP contribution in [0.1, 0.15) is 35.8 Å². The third-order valence-corrected chi connectivity index (χ3v) is 5.40. The number of aryl methyl sites for hydroxylation is 1. The van der Waals surface area contributed by atoms with Gasteiger partial charge in [0.25, 0.3) is 0 Å². The third kappa shape index (κ3) is 2.31. The summed E-state index contributed by atoms with van der Waals surface area (Å²) in [5.74, 6) is 0. The number of fused-ring (bicyclic) bond motifs is 1. The van der Waals surface area contributed by atoms with Crippen molar-refractivity contribution in [3.05, 3.63) is 65.5 Å². The van der Waals surface area contributed by atoms with Gasteiger partial charge in [-0.15, -0.1) is 0 Å². The summed E-state index contributed by atoms with van der Waals surface area (Å²) in [5, 5.41) is 1.78. The van der Waals surface area contributed by atoms with E-state index in [4.69, 9.17) is 4.99 Å². The molecule has 4 rings (SSSR count). The van der Waals surface area contributed by atoms with Gasteiger partial charge in [-0.1, -0.05) is 54.6 Å². The number of amidine groups is 1. The van der Waals surface area contributed by atoms with Gasteiger partial charge in [0.1, 0.15) is 6.04 Å². The lowest BCUT2D eigenvalue weighted by atomic mass is 9.96. The highest BCUT2D eigenvalue weighted by molar-refractivity contribution is 8.14. The molecule has 1 aromatic heterocycles. The van der Waals surface area contributed by atoms with Crippen LogP contribution in [0.2, 0.25) is 0 Å². The van der Waals surface area contributed by atoms with Crippen molar-refractivity contribution in [3.8, 4) is 0 Å². The Bertz CT molecular complexity index is 696. The minimum Gasteiger partial charge on any atom is -0.341 e. The van der Waals surface area contributed by atoms with Gasteiger partial charge in [-0.05, 0) is 24.6 Å². The van der Waals surface area contributed by atoms with E-state index in [0.29, 0.717) is 5.25 Å². The molecule has 2 aliphatic rings. The minimum atomic E-state index is 0.0962. The van der Waals surface area contributed by atoms with Crippen molar-refractivity contribution >= 4 is 16.9 Å². The van der Waals surface area contributed by atoms with Gasteiger partial charge in [0.05, 0.1) is 11.7 Å². The number of benzene rings is 1. The lowest BCUT2D eigenvalue weighted by Crippen LogP contribution is -2.28.